The van der Waals surface area contributed by atoms with Gasteiger partial charge in [0.15, 0.2) is 0 Å². The first-order valence-corrected chi connectivity index (χ1v) is 4.97. The highest BCUT2D eigenvalue weighted by molar-refractivity contribution is 5.76. The van der Waals surface area contributed by atoms with E-state index in [1.165, 1.54) is 0 Å². The Morgan fingerprint density at radius 1 is 1.06 bits per heavy atom. The SMILES string of the molecule is Cc1coc(-c2ccc3ncccc3n2)n1. The molecule has 0 saturated carbocycles. The van der Waals surface area contributed by atoms with Crippen molar-refractivity contribution < 1.29 is 4.42 Å². The van der Waals surface area contributed by atoms with E-state index >= 15 is 0 Å². The molecule has 0 unspecified atom stereocenters. The normalized spacial score (nSPS) is 10.8. The third-order valence-corrected chi connectivity index (χ3v) is 2.29. The summed E-state index contributed by atoms with van der Waals surface area (Å²) in [5, 5.41) is 0. The first kappa shape index (κ1) is 9.03. The number of pyridine rings is 2. The number of aromatic nitrogens is 3. The molecule has 0 fully saturated rings. The topological polar surface area (TPSA) is 51.8 Å². The van der Waals surface area contributed by atoms with Crippen LogP contribution in [0, 0.1) is 6.92 Å². The molecule has 3 rings (SSSR count). The molecule has 0 aliphatic carbocycles. The van der Waals surface area contributed by atoms with Crippen LogP contribution in [0.2, 0.25) is 0 Å². The second-order valence-corrected chi connectivity index (χ2v) is 3.53. The Balaban J connectivity index is 2.18. The van der Waals surface area contributed by atoms with E-state index in [9.17, 15) is 0 Å². The number of oxazole rings is 1. The lowest BCUT2D eigenvalue weighted by Crippen LogP contribution is -1.86. The highest BCUT2D eigenvalue weighted by Crippen LogP contribution is 2.18. The predicted octanol–water partition coefficient (Wildman–Crippen LogP) is 2.59. The van der Waals surface area contributed by atoms with Crippen LogP contribution in [0.15, 0.2) is 41.1 Å². The zero-order valence-electron chi connectivity index (χ0n) is 8.71. The summed E-state index contributed by atoms with van der Waals surface area (Å²) >= 11 is 0. The molecule has 0 N–H and O–H groups in total. The molecule has 0 saturated heterocycles. The molecule has 3 aromatic heterocycles. The van der Waals surface area contributed by atoms with Crippen LogP contribution >= 0.6 is 0 Å². The van der Waals surface area contributed by atoms with Crippen molar-refractivity contribution in [1.82, 2.24) is 15.0 Å². The molecule has 0 atom stereocenters. The van der Waals surface area contributed by atoms with Gasteiger partial charge in [0, 0.05) is 6.20 Å². The minimum atomic E-state index is 0.545. The highest BCUT2D eigenvalue weighted by atomic mass is 16.3. The number of aryl methyl sites for hydroxylation is 1. The van der Waals surface area contributed by atoms with E-state index in [2.05, 4.69) is 15.0 Å². The Bertz CT molecular complexity index is 645. The van der Waals surface area contributed by atoms with Crippen LogP contribution in [-0.4, -0.2) is 15.0 Å². The second-order valence-electron chi connectivity index (χ2n) is 3.53. The van der Waals surface area contributed by atoms with Gasteiger partial charge in [-0.2, -0.15) is 0 Å². The fourth-order valence-corrected chi connectivity index (χ4v) is 1.55. The zero-order valence-corrected chi connectivity index (χ0v) is 8.71. The Morgan fingerprint density at radius 3 is 2.81 bits per heavy atom. The summed E-state index contributed by atoms with van der Waals surface area (Å²) in [6, 6.07) is 7.55. The highest BCUT2D eigenvalue weighted by Gasteiger charge is 2.06. The Hall–Kier alpha value is -2.23. The Kier molecular flexibility index (Phi) is 1.93. The molecule has 0 aliphatic rings. The first-order valence-electron chi connectivity index (χ1n) is 4.97. The number of hydrogen-bond acceptors (Lipinski definition) is 4. The van der Waals surface area contributed by atoms with E-state index in [-0.39, 0.29) is 0 Å². The van der Waals surface area contributed by atoms with Gasteiger partial charge < -0.3 is 4.42 Å². The summed E-state index contributed by atoms with van der Waals surface area (Å²) in [4.78, 5) is 12.9. The maximum Gasteiger partial charge on any atom is 0.245 e. The molecule has 0 spiro atoms. The first-order chi connectivity index (χ1) is 7.83. The molecule has 3 heterocycles. The van der Waals surface area contributed by atoms with E-state index in [1.54, 1.807) is 12.5 Å². The summed E-state index contributed by atoms with van der Waals surface area (Å²) in [5.41, 5.74) is 3.29. The molecule has 78 valence electrons. The van der Waals surface area contributed by atoms with E-state index < -0.39 is 0 Å². The maximum atomic E-state index is 5.31. The van der Waals surface area contributed by atoms with Gasteiger partial charge in [0.2, 0.25) is 5.89 Å². The number of hydrogen-bond donors (Lipinski definition) is 0. The van der Waals surface area contributed by atoms with Gasteiger partial charge in [-0.05, 0) is 31.2 Å². The summed E-state index contributed by atoms with van der Waals surface area (Å²) in [5.74, 6) is 0.545. The van der Waals surface area contributed by atoms with Crippen LogP contribution in [0.1, 0.15) is 5.69 Å². The fraction of sp³-hybridized carbons (Fsp3) is 0.0833. The molecule has 16 heavy (non-hydrogen) atoms. The largest absolute Gasteiger partial charge is 0.443 e. The maximum absolute atomic E-state index is 5.31. The Labute approximate surface area is 92.0 Å². The minimum Gasteiger partial charge on any atom is -0.443 e. The third kappa shape index (κ3) is 1.44. The number of rotatable bonds is 1. The standard InChI is InChI=1S/C12H9N3O/c1-8-7-16-12(14-8)11-5-4-9-10(15-11)3-2-6-13-9/h2-7H,1H3. The zero-order chi connectivity index (χ0) is 11.0. The lowest BCUT2D eigenvalue weighted by atomic mass is 10.3. The molecule has 4 nitrogen and oxygen atoms in total. The van der Waals surface area contributed by atoms with E-state index in [0.29, 0.717) is 5.89 Å². The van der Waals surface area contributed by atoms with Crippen molar-refractivity contribution in [1.29, 1.82) is 0 Å². The monoisotopic (exact) mass is 211 g/mol. The minimum absolute atomic E-state index is 0.545. The lowest BCUT2D eigenvalue weighted by molar-refractivity contribution is 0.571. The van der Waals surface area contributed by atoms with Crippen molar-refractivity contribution in [2.24, 2.45) is 0 Å². The summed E-state index contributed by atoms with van der Waals surface area (Å²) in [7, 11) is 0. The van der Waals surface area contributed by atoms with Crippen molar-refractivity contribution in [2.45, 2.75) is 6.92 Å². The van der Waals surface area contributed by atoms with E-state index in [0.717, 1.165) is 22.4 Å². The molecule has 4 heteroatoms. The van der Waals surface area contributed by atoms with Crippen molar-refractivity contribution in [3.8, 4) is 11.6 Å². The second kappa shape index (κ2) is 3.41. The quantitative estimate of drug-likeness (QED) is 0.620. The van der Waals surface area contributed by atoms with Crippen molar-refractivity contribution in [2.75, 3.05) is 0 Å². The lowest BCUT2D eigenvalue weighted by Gasteiger charge is -1.97. The average molecular weight is 211 g/mol. The van der Waals surface area contributed by atoms with Crippen molar-refractivity contribution >= 4 is 11.0 Å². The van der Waals surface area contributed by atoms with Gasteiger partial charge in [-0.15, -0.1) is 0 Å². The van der Waals surface area contributed by atoms with Crippen molar-refractivity contribution in [3.63, 3.8) is 0 Å². The van der Waals surface area contributed by atoms with Crippen LogP contribution in [0.3, 0.4) is 0 Å². The number of nitrogens with zero attached hydrogens (tertiary/aromatic N) is 3. The molecule has 0 aromatic carbocycles. The molecular formula is C12H9N3O. The molecule has 3 aromatic rings. The van der Waals surface area contributed by atoms with Crippen LogP contribution < -0.4 is 0 Å². The smallest absolute Gasteiger partial charge is 0.245 e. The third-order valence-electron chi connectivity index (χ3n) is 2.29. The summed E-state index contributed by atoms with van der Waals surface area (Å²) < 4.78 is 5.31. The van der Waals surface area contributed by atoms with Crippen LogP contribution in [0.25, 0.3) is 22.6 Å². The molecule has 0 radical (unpaired) electrons. The summed E-state index contributed by atoms with van der Waals surface area (Å²) in [6.07, 6.45) is 3.36. The summed E-state index contributed by atoms with van der Waals surface area (Å²) in [6.45, 7) is 1.88. The molecule has 0 bridgehead atoms. The van der Waals surface area contributed by atoms with Crippen LogP contribution in [0.5, 0.6) is 0 Å². The Morgan fingerprint density at radius 2 is 2.00 bits per heavy atom. The van der Waals surface area contributed by atoms with Gasteiger partial charge in [0.25, 0.3) is 0 Å². The average Bonchev–Trinajstić information content (AvgIpc) is 2.75. The number of fused-ring (bicyclic) bond motifs is 1. The van der Waals surface area contributed by atoms with Gasteiger partial charge in [-0.3, -0.25) is 4.98 Å². The van der Waals surface area contributed by atoms with Gasteiger partial charge in [0.1, 0.15) is 12.0 Å². The molecular weight excluding hydrogens is 202 g/mol. The molecule has 0 amide bonds. The van der Waals surface area contributed by atoms with Gasteiger partial charge in [0.05, 0.1) is 16.7 Å². The fourth-order valence-electron chi connectivity index (χ4n) is 1.55. The predicted molar refractivity (Wildman–Crippen MR) is 59.8 cm³/mol. The van der Waals surface area contributed by atoms with Gasteiger partial charge in [-0.1, -0.05) is 0 Å². The van der Waals surface area contributed by atoms with Crippen molar-refractivity contribution in [3.05, 3.63) is 42.4 Å². The van der Waals surface area contributed by atoms with Gasteiger partial charge in [-0.25, -0.2) is 9.97 Å². The van der Waals surface area contributed by atoms with Crippen LogP contribution in [-0.2, 0) is 0 Å². The van der Waals surface area contributed by atoms with Gasteiger partial charge >= 0.3 is 0 Å². The van der Waals surface area contributed by atoms with Crippen LogP contribution in [0.4, 0.5) is 0 Å². The van der Waals surface area contributed by atoms with E-state index in [1.807, 2.05) is 31.2 Å². The molecule has 0 aliphatic heterocycles. The van der Waals surface area contributed by atoms with E-state index in [4.69, 9.17) is 4.42 Å².